The number of rotatable bonds is 9. The van der Waals surface area contributed by atoms with E-state index in [1.165, 1.54) is 10.6 Å². The van der Waals surface area contributed by atoms with Crippen molar-refractivity contribution in [2.45, 2.75) is 25.8 Å². The molecule has 2 aliphatic heterocycles. The van der Waals surface area contributed by atoms with Crippen molar-refractivity contribution in [2.75, 3.05) is 52.3 Å². The van der Waals surface area contributed by atoms with E-state index in [2.05, 4.69) is 5.32 Å². The lowest BCUT2D eigenvalue weighted by Gasteiger charge is -2.27. The van der Waals surface area contributed by atoms with Crippen molar-refractivity contribution in [3.8, 4) is 5.75 Å². The predicted molar refractivity (Wildman–Crippen MR) is 108 cm³/mol. The van der Waals surface area contributed by atoms with Gasteiger partial charge in [-0.25, -0.2) is 8.42 Å². The Morgan fingerprint density at radius 2 is 2.04 bits per heavy atom. The zero-order valence-corrected chi connectivity index (χ0v) is 17.4. The highest BCUT2D eigenvalue weighted by atomic mass is 32.2. The second-order valence-corrected chi connectivity index (χ2v) is 9.85. The van der Waals surface area contributed by atoms with E-state index in [1.54, 1.807) is 0 Å². The first-order chi connectivity index (χ1) is 13.5. The third-order valence-corrected chi connectivity index (χ3v) is 6.78. The number of aliphatic hydroxyl groups excluding tert-OH is 1. The lowest BCUT2D eigenvalue weighted by atomic mass is 9.99. The first-order valence-electron chi connectivity index (χ1n) is 10.0. The van der Waals surface area contributed by atoms with E-state index in [0.717, 1.165) is 49.4 Å². The van der Waals surface area contributed by atoms with E-state index in [0.29, 0.717) is 38.6 Å². The summed E-state index contributed by atoms with van der Waals surface area (Å²) in [5.74, 6) is 1.30. The normalized spacial score (nSPS) is 19.9. The summed E-state index contributed by atoms with van der Waals surface area (Å²) in [6.07, 6.45) is 4.22. The molecule has 0 spiro atoms. The number of hydrogen-bond donors (Lipinski definition) is 2. The highest BCUT2D eigenvalue weighted by molar-refractivity contribution is 7.88. The number of nitrogens with one attached hydrogen (secondary N) is 1. The Kier molecular flexibility index (Phi) is 7.70. The van der Waals surface area contributed by atoms with Crippen LogP contribution >= 0.6 is 0 Å². The van der Waals surface area contributed by atoms with Gasteiger partial charge in [0.15, 0.2) is 0 Å². The van der Waals surface area contributed by atoms with Gasteiger partial charge in [0.2, 0.25) is 10.0 Å². The van der Waals surface area contributed by atoms with Gasteiger partial charge >= 0.3 is 0 Å². The van der Waals surface area contributed by atoms with Crippen molar-refractivity contribution >= 4 is 10.0 Å². The maximum Gasteiger partial charge on any atom is 0.211 e. The molecule has 8 heteroatoms. The summed E-state index contributed by atoms with van der Waals surface area (Å²) in [5.41, 5.74) is 2.15. The minimum Gasteiger partial charge on any atom is -0.493 e. The van der Waals surface area contributed by atoms with Crippen LogP contribution in [0.3, 0.4) is 0 Å². The molecule has 158 valence electrons. The fraction of sp³-hybridized carbons (Fsp3) is 0.700. The molecular formula is C20H32N2O5S. The average Bonchev–Trinajstić information content (AvgIpc) is 2.70. The van der Waals surface area contributed by atoms with Crippen LogP contribution in [0, 0.1) is 11.8 Å². The summed E-state index contributed by atoms with van der Waals surface area (Å²) >= 11 is 0. The number of hydrogen-bond acceptors (Lipinski definition) is 6. The monoisotopic (exact) mass is 412 g/mol. The highest BCUT2D eigenvalue weighted by Crippen LogP contribution is 2.25. The highest BCUT2D eigenvalue weighted by Gasteiger charge is 2.23. The molecule has 28 heavy (non-hydrogen) atoms. The number of aliphatic hydroxyl groups is 1. The van der Waals surface area contributed by atoms with Crippen LogP contribution in [-0.4, -0.2) is 70.1 Å². The summed E-state index contributed by atoms with van der Waals surface area (Å²) < 4.78 is 36.6. The van der Waals surface area contributed by atoms with E-state index >= 15 is 0 Å². The van der Waals surface area contributed by atoms with Gasteiger partial charge in [0.25, 0.3) is 0 Å². The van der Waals surface area contributed by atoms with E-state index < -0.39 is 10.0 Å². The topological polar surface area (TPSA) is 88.1 Å². The summed E-state index contributed by atoms with van der Waals surface area (Å²) in [7, 11) is -3.16. The van der Waals surface area contributed by atoms with Crippen LogP contribution in [0.25, 0.3) is 0 Å². The second-order valence-electron chi connectivity index (χ2n) is 7.87. The molecule has 2 N–H and O–H groups in total. The summed E-state index contributed by atoms with van der Waals surface area (Å²) in [6, 6.07) is 5.79. The Morgan fingerprint density at radius 3 is 2.75 bits per heavy atom. The van der Waals surface area contributed by atoms with Crippen LogP contribution in [-0.2, 0) is 27.7 Å². The van der Waals surface area contributed by atoms with Crippen molar-refractivity contribution < 1.29 is 23.0 Å². The van der Waals surface area contributed by atoms with Crippen LogP contribution in [0.4, 0.5) is 0 Å². The molecule has 0 amide bonds. The molecule has 2 aliphatic rings. The van der Waals surface area contributed by atoms with Crippen molar-refractivity contribution in [3.05, 3.63) is 29.3 Å². The Hall–Kier alpha value is -1.19. The molecule has 0 bridgehead atoms. The molecule has 1 saturated heterocycles. The van der Waals surface area contributed by atoms with Crippen LogP contribution in [0.1, 0.15) is 24.0 Å². The molecule has 7 nitrogen and oxygen atoms in total. The molecule has 0 aromatic heterocycles. The first-order valence-corrected chi connectivity index (χ1v) is 11.9. The van der Waals surface area contributed by atoms with Crippen molar-refractivity contribution in [1.82, 2.24) is 9.62 Å². The van der Waals surface area contributed by atoms with Crippen molar-refractivity contribution in [2.24, 2.45) is 11.8 Å². The minimum absolute atomic E-state index is 0.0283. The zero-order valence-electron chi connectivity index (χ0n) is 16.6. The number of sulfonamides is 1. The number of benzene rings is 1. The quantitative estimate of drug-likeness (QED) is 0.629. The molecule has 0 saturated carbocycles. The number of ether oxygens (including phenoxy) is 2. The maximum absolute atomic E-state index is 11.7. The van der Waals surface area contributed by atoms with E-state index in [9.17, 15) is 13.5 Å². The molecule has 0 aliphatic carbocycles. The lowest BCUT2D eigenvalue weighted by molar-refractivity contribution is 0.0289. The third-order valence-electron chi connectivity index (χ3n) is 5.53. The summed E-state index contributed by atoms with van der Waals surface area (Å²) in [4.78, 5) is 0. The van der Waals surface area contributed by atoms with E-state index in [4.69, 9.17) is 9.47 Å². The fourth-order valence-corrected chi connectivity index (χ4v) is 4.49. The SMILES string of the molecule is CS(=O)(=O)N1CCc2cc(OCC(CO)COCC3CCNCC3)ccc2C1. The van der Waals surface area contributed by atoms with Crippen LogP contribution < -0.4 is 10.1 Å². The molecule has 1 aromatic rings. The molecule has 2 heterocycles. The Morgan fingerprint density at radius 1 is 1.25 bits per heavy atom. The number of piperidine rings is 1. The van der Waals surface area contributed by atoms with E-state index in [-0.39, 0.29) is 12.5 Å². The van der Waals surface area contributed by atoms with Crippen LogP contribution in [0.15, 0.2) is 18.2 Å². The predicted octanol–water partition coefficient (Wildman–Crippen LogP) is 1.01. The molecule has 1 fully saturated rings. The molecule has 1 aromatic carbocycles. The second kappa shape index (κ2) is 10.0. The van der Waals surface area contributed by atoms with Gasteiger partial charge in [-0.05, 0) is 61.5 Å². The molecule has 0 radical (unpaired) electrons. The van der Waals surface area contributed by atoms with Gasteiger partial charge in [0.05, 0.1) is 26.1 Å². The minimum atomic E-state index is -3.16. The van der Waals surface area contributed by atoms with Crippen molar-refractivity contribution in [1.29, 1.82) is 0 Å². The van der Waals surface area contributed by atoms with Gasteiger partial charge in [0.1, 0.15) is 5.75 Å². The lowest BCUT2D eigenvalue weighted by Crippen LogP contribution is -2.35. The van der Waals surface area contributed by atoms with Crippen LogP contribution in [0.5, 0.6) is 5.75 Å². The summed E-state index contributed by atoms with van der Waals surface area (Å²) in [6.45, 7) is 4.69. The molecule has 3 rings (SSSR count). The van der Waals surface area contributed by atoms with Gasteiger partial charge in [-0.2, -0.15) is 4.31 Å². The third kappa shape index (κ3) is 6.15. The molecule has 1 atom stereocenters. The maximum atomic E-state index is 11.7. The molecule has 1 unspecified atom stereocenters. The Bertz CT molecular complexity index is 734. The fourth-order valence-electron chi connectivity index (χ4n) is 3.69. The smallest absolute Gasteiger partial charge is 0.211 e. The number of nitrogens with zero attached hydrogens (tertiary/aromatic N) is 1. The first kappa shape index (κ1) is 21.5. The average molecular weight is 413 g/mol. The van der Waals surface area contributed by atoms with Gasteiger partial charge < -0.3 is 19.9 Å². The van der Waals surface area contributed by atoms with Crippen molar-refractivity contribution in [3.63, 3.8) is 0 Å². The zero-order chi connectivity index (χ0) is 20.0. The van der Waals surface area contributed by atoms with Gasteiger partial charge in [-0.15, -0.1) is 0 Å². The van der Waals surface area contributed by atoms with Gasteiger partial charge in [0, 0.05) is 25.6 Å². The number of fused-ring (bicyclic) bond motifs is 1. The Balaban J connectivity index is 1.45. The summed E-state index contributed by atoms with van der Waals surface area (Å²) in [5, 5.41) is 13.0. The Labute approximate surface area is 168 Å². The standard InChI is InChI=1S/C20H32N2O5S/c1-28(24,25)22-9-6-18-10-20(3-2-19(18)11-22)27-15-17(12-23)14-26-13-16-4-7-21-8-5-16/h2-3,10,16-17,21,23H,4-9,11-15H2,1H3. The van der Waals surface area contributed by atoms with Crippen LogP contribution in [0.2, 0.25) is 0 Å². The van der Waals surface area contributed by atoms with Gasteiger partial charge in [-0.3, -0.25) is 0 Å². The largest absolute Gasteiger partial charge is 0.493 e. The van der Waals surface area contributed by atoms with E-state index in [1.807, 2.05) is 18.2 Å². The van der Waals surface area contributed by atoms with Gasteiger partial charge in [-0.1, -0.05) is 6.07 Å². The molecular weight excluding hydrogens is 380 g/mol.